The zero-order valence-corrected chi connectivity index (χ0v) is 14.4. The average Bonchev–Trinajstić information content (AvgIpc) is 2.59. The SMILES string of the molecule is COCC(C)Nc1cc2c(cc1N)C(C)(C)C(=O)N2C(C)C. The topological polar surface area (TPSA) is 67.6 Å². The summed E-state index contributed by atoms with van der Waals surface area (Å²) in [5.74, 6) is 0.124. The lowest BCUT2D eigenvalue weighted by Crippen LogP contribution is -2.40. The highest BCUT2D eigenvalue weighted by Gasteiger charge is 2.45. The number of anilines is 3. The van der Waals surface area contributed by atoms with Crippen LogP contribution in [0.5, 0.6) is 0 Å². The van der Waals surface area contributed by atoms with Crippen molar-refractivity contribution in [2.24, 2.45) is 0 Å². The van der Waals surface area contributed by atoms with Crippen LogP contribution in [-0.2, 0) is 14.9 Å². The lowest BCUT2D eigenvalue weighted by molar-refractivity contribution is -0.122. The van der Waals surface area contributed by atoms with E-state index in [1.165, 1.54) is 0 Å². The van der Waals surface area contributed by atoms with Crippen molar-refractivity contribution in [3.63, 3.8) is 0 Å². The first-order valence-electron chi connectivity index (χ1n) is 7.73. The number of benzene rings is 1. The quantitative estimate of drug-likeness (QED) is 0.821. The van der Waals surface area contributed by atoms with Gasteiger partial charge in [-0.1, -0.05) is 0 Å². The third kappa shape index (κ3) is 2.65. The maximum Gasteiger partial charge on any atom is 0.237 e. The van der Waals surface area contributed by atoms with Gasteiger partial charge in [0.05, 0.1) is 29.1 Å². The molecule has 0 radical (unpaired) electrons. The highest BCUT2D eigenvalue weighted by atomic mass is 16.5. The smallest absolute Gasteiger partial charge is 0.237 e. The molecule has 0 bridgehead atoms. The molecule has 1 aliphatic rings. The van der Waals surface area contributed by atoms with Crippen LogP contribution < -0.4 is 16.0 Å². The zero-order valence-electron chi connectivity index (χ0n) is 14.4. The van der Waals surface area contributed by atoms with Crippen LogP contribution in [0.3, 0.4) is 0 Å². The number of nitrogens with one attached hydrogen (secondary N) is 1. The van der Waals surface area contributed by atoms with Gasteiger partial charge in [0.2, 0.25) is 5.91 Å². The van der Waals surface area contributed by atoms with E-state index in [2.05, 4.69) is 5.32 Å². The molecule has 0 aromatic heterocycles. The molecule has 0 aliphatic carbocycles. The van der Waals surface area contributed by atoms with Gasteiger partial charge in [0, 0.05) is 19.2 Å². The minimum atomic E-state index is -0.537. The first-order chi connectivity index (χ1) is 10.2. The Bertz CT molecular complexity index is 582. The van der Waals surface area contributed by atoms with Crippen LogP contribution in [0.15, 0.2) is 12.1 Å². The van der Waals surface area contributed by atoms with Crippen molar-refractivity contribution in [3.8, 4) is 0 Å². The third-order valence-electron chi connectivity index (χ3n) is 4.19. The molecule has 1 aromatic rings. The molecule has 0 saturated heterocycles. The van der Waals surface area contributed by atoms with Gasteiger partial charge in [-0.25, -0.2) is 0 Å². The van der Waals surface area contributed by atoms with E-state index in [1.807, 2.05) is 51.7 Å². The van der Waals surface area contributed by atoms with E-state index < -0.39 is 5.41 Å². The summed E-state index contributed by atoms with van der Waals surface area (Å²) in [6, 6.07) is 4.17. The highest BCUT2D eigenvalue weighted by molar-refractivity contribution is 6.09. The summed E-state index contributed by atoms with van der Waals surface area (Å²) < 4.78 is 5.15. The minimum Gasteiger partial charge on any atom is -0.397 e. The molecule has 122 valence electrons. The van der Waals surface area contributed by atoms with E-state index in [0.717, 1.165) is 16.9 Å². The van der Waals surface area contributed by atoms with E-state index >= 15 is 0 Å². The predicted octanol–water partition coefficient (Wildman–Crippen LogP) is 2.75. The molecule has 1 unspecified atom stereocenters. The number of nitrogen functional groups attached to an aromatic ring is 1. The second-order valence-electron chi connectivity index (χ2n) is 6.85. The molecular formula is C17H27N3O2. The number of hydrogen-bond acceptors (Lipinski definition) is 4. The second-order valence-corrected chi connectivity index (χ2v) is 6.85. The van der Waals surface area contributed by atoms with E-state index in [1.54, 1.807) is 7.11 Å². The van der Waals surface area contributed by atoms with Gasteiger partial charge in [-0.15, -0.1) is 0 Å². The Hall–Kier alpha value is -1.75. The maximum atomic E-state index is 12.7. The summed E-state index contributed by atoms with van der Waals surface area (Å²) in [5.41, 5.74) is 9.11. The summed E-state index contributed by atoms with van der Waals surface area (Å²) in [6.07, 6.45) is 0. The molecule has 3 N–H and O–H groups in total. The van der Waals surface area contributed by atoms with Gasteiger partial charge in [0.25, 0.3) is 0 Å². The lowest BCUT2D eigenvalue weighted by atomic mass is 9.86. The summed E-state index contributed by atoms with van der Waals surface area (Å²) in [5, 5.41) is 3.35. The van der Waals surface area contributed by atoms with Gasteiger partial charge in [0.15, 0.2) is 0 Å². The predicted molar refractivity (Wildman–Crippen MR) is 91.5 cm³/mol. The number of nitrogens with two attached hydrogens (primary N) is 1. The number of carbonyl (C=O) groups excluding carboxylic acids is 1. The number of hydrogen-bond donors (Lipinski definition) is 2. The van der Waals surface area contributed by atoms with Crippen LogP contribution >= 0.6 is 0 Å². The molecule has 0 fully saturated rings. The van der Waals surface area contributed by atoms with Crippen molar-refractivity contribution in [1.29, 1.82) is 0 Å². The fourth-order valence-electron chi connectivity index (χ4n) is 3.03. The molecule has 22 heavy (non-hydrogen) atoms. The summed E-state index contributed by atoms with van der Waals surface area (Å²) in [6.45, 7) is 10.6. The fraction of sp³-hybridized carbons (Fsp3) is 0.588. The molecule has 1 amide bonds. The Morgan fingerprint density at radius 2 is 1.95 bits per heavy atom. The summed E-state index contributed by atoms with van der Waals surface area (Å²) in [4.78, 5) is 14.6. The van der Waals surface area contributed by atoms with E-state index in [0.29, 0.717) is 12.3 Å². The van der Waals surface area contributed by atoms with Crippen molar-refractivity contribution >= 4 is 23.0 Å². The van der Waals surface area contributed by atoms with Gasteiger partial charge in [0.1, 0.15) is 0 Å². The minimum absolute atomic E-state index is 0.112. The largest absolute Gasteiger partial charge is 0.397 e. The van der Waals surface area contributed by atoms with Crippen molar-refractivity contribution in [3.05, 3.63) is 17.7 Å². The van der Waals surface area contributed by atoms with Crippen molar-refractivity contribution in [2.45, 2.75) is 52.1 Å². The highest BCUT2D eigenvalue weighted by Crippen LogP contribution is 2.45. The van der Waals surface area contributed by atoms with Crippen LogP contribution in [0.25, 0.3) is 0 Å². The van der Waals surface area contributed by atoms with Crippen molar-refractivity contribution < 1.29 is 9.53 Å². The van der Waals surface area contributed by atoms with E-state index in [-0.39, 0.29) is 18.0 Å². The third-order valence-corrected chi connectivity index (χ3v) is 4.19. The molecule has 2 rings (SSSR count). The van der Waals surface area contributed by atoms with Gasteiger partial charge in [-0.2, -0.15) is 0 Å². The molecular weight excluding hydrogens is 278 g/mol. The molecule has 1 aliphatic heterocycles. The molecule has 5 heteroatoms. The summed E-state index contributed by atoms with van der Waals surface area (Å²) in [7, 11) is 1.67. The van der Waals surface area contributed by atoms with Crippen LogP contribution in [0.2, 0.25) is 0 Å². The Morgan fingerprint density at radius 3 is 2.50 bits per heavy atom. The first kappa shape index (κ1) is 16.6. The van der Waals surface area contributed by atoms with Gasteiger partial charge >= 0.3 is 0 Å². The normalized spacial score (nSPS) is 17.8. The Morgan fingerprint density at radius 1 is 1.32 bits per heavy atom. The Labute approximate surface area is 132 Å². The average molecular weight is 305 g/mol. The van der Waals surface area contributed by atoms with Crippen molar-refractivity contribution in [2.75, 3.05) is 29.7 Å². The number of ether oxygens (including phenoxy) is 1. The Balaban J connectivity index is 2.47. The number of nitrogens with zero attached hydrogens (tertiary/aromatic N) is 1. The summed E-state index contributed by atoms with van der Waals surface area (Å²) >= 11 is 0. The number of fused-ring (bicyclic) bond motifs is 1. The first-order valence-corrected chi connectivity index (χ1v) is 7.73. The van der Waals surface area contributed by atoms with Crippen LogP contribution in [0.4, 0.5) is 17.1 Å². The number of methoxy groups -OCH3 is 1. The molecule has 1 aromatic carbocycles. The van der Waals surface area contributed by atoms with E-state index in [4.69, 9.17) is 10.5 Å². The Kier molecular flexibility index (Phi) is 4.38. The molecule has 1 heterocycles. The molecule has 5 nitrogen and oxygen atoms in total. The van der Waals surface area contributed by atoms with Crippen LogP contribution in [0.1, 0.15) is 40.2 Å². The molecule has 0 saturated carbocycles. The molecule has 1 atom stereocenters. The maximum absolute atomic E-state index is 12.7. The van der Waals surface area contributed by atoms with Gasteiger partial charge in [-0.05, 0) is 52.3 Å². The monoisotopic (exact) mass is 305 g/mol. The van der Waals surface area contributed by atoms with Crippen LogP contribution in [0, 0.1) is 0 Å². The van der Waals surface area contributed by atoms with E-state index in [9.17, 15) is 4.79 Å². The fourth-order valence-corrected chi connectivity index (χ4v) is 3.03. The standard InChI is InChI=1S/C17H27N3O2/c1-10(2)20-15-8-14(19-11(3)9-22-6)13(18)7-12(15)17(4,5)16(20)21/h7-8,10-11,19H,9,18H2,1-6H3. The van der Waals surface area contributed by atoms with Gasteiger partial charge in [-0.3, -0.25) is 4.79 Å². The van der Waals surface area contributed by atoms with Crippen LogP contribution in [-0.4, -0.2) is 31.7 Å². The second kappa shape index (κ2) is 5.80. The zero-order chi connectivity index (χ0) is 16.7. The number of amides is 1. The lowest BCUT2D eigenvalue weighted by Gasteiger charge is -2.24. The van der Waals surface area contributed by atoms with Crippen molar-refractivity contribution in [1.82, 2.24) is 0 Å². The number of carbonyl (C=O) groups is 1. The number of rotatable bonds is 5. The molecule has 0 spiro atoms. The van der Waals surface area contributed by atoms with Gasteiger partial charge < -0.3 is 20.7 Å².